The highest BCUT2D eigenvalue weighted by molar-refractivity contribution is 6.42. The van der Waals surface area contributed by atoms with Crippen molar-refractivity contribution >= 4 is 35.0 Å². The minimum Gasteiger partial charge on any atom is -0.494 e. The van der Waals surface area contributed by atoms with Crippen LogP contribution in [0.5, 0.6) is 5.75 Å². The van der Waals surface area contributed by atoms with Crippen molar-refractivity contribution in [2.45, 2.75) is 19.8 Å². The topological polar surface area (TPSA) is 67.4 Å². The Morgan fingerprint density at radius 3 is 2.41 bits per heavy atom. The normalized spacial score (nSPS) is 10.3. The molecule has 0 atom stereocenters. The predicted molar refractivity (Wildman–Crippen MR) is 108 cm³/mol. The van der Waals surface area contributed by atoms with Crippen molar-refractivity contribution in [2.24, 2.45) is 0 Å². The maximum absolute atomic E-state index is 12.0. The van der Waals surface area contributed by atoms with Gasteiger partial charge in [-0.1, -0.05) is 40.9 Å². The molecule has 2 aromatic rings. The van der Waals surface area contributed by atoms with Gasteiger partial charge in [0.25, 0.3) is 5.91 Å². The van der Waals surface area contributed by atoms with Crippen LogP contribution in [0.2, 0.25) is 10.0 Å². The number of amides is 2. The smallest absolute Gasteiger partial charge is 0.251 e. The summed E-state index contributed by atoms with van der Waals surface area (Å²) in [6.45, 7) is 3.05. The van der Waals surface area contributed by atoms with Crippen molar-refractivity contribution in [2.75, 3.05) is 19.7 Å². The fourth-order valence-corrected chi connectivity index (χ4v) is 2.54. The number of rotatable bonds is 9. The maximum atomic E-state index is 12.0. The van der Waals surface area contributed by atoms with Crippen LogP contribution in [0, 0.1) is 6.92 Å². The molecule has 0 fully saturated rings. The largest absolute Gasteiger partial charge is 0.494 e. The van der Waals surface area contributed by atoms with Gasteiger partial charge in [0.15, 0.2) is 0 Å². The van der Waals surface area contributed by atoms with Crippen LogP contribution in [0.1, 0.15) is 28.8 Å². The highest BCUT2D eigenvalue weighted by atomic mass is 35.5. The van der Waals surface area contributed by atoms with E-state index in [0.717, 1.165) is 18.6 Å². The van der Waals surface area contributed by atoms with Crippen molar-refractivity contribution < 1.29 is 14.3 Å². The van der Waals surface area contributed by atoms with Crippen LogP contribution in [0.4, 0.5) is 0 Å². The van der Waals surface area contributed by atoms with Crippen molar-refractivity contribution in [1.29, 1.82) is 0 Å². The first-order chi connectivity index (χ1) is 13.0. The molecule has 2 amide bonds. The zero-order valence-corrected chi connectivity index (χ0v) is 16.6. The van der Waals surface area contributed by atoms with E-state index in [1.165, 1.54) is 17.7 Å². The van der Waals surface area contributed by atoms with Gasteiger partial charge in [0.2, 0.25) is 5.91 Å². The molecule has 0 bridgehead atoms. The summed E-state index contributed by atoms with van der Waals surface area (Å²) in [4.78, 5) is 23.8. The number of carbonyl (C=O) groups excluding carboxylic acids is 2. The number of unbranched alkanes of at least 4 members (excludes halogenated alkanes) is 1. The highest BCUT2D eigenvalue weighted by Gasteiger charge is 2.09. The maximum Gasteiger partial charge on any atom is 0.251 e. The summed E-state index contributed by atoms with van der Waals surface area (Å²) in [7, 11) is 0. The summed E-state index contributed by atoms with van der Waals surface area (Å²) < 4.78 is 5.62. The quantitative estimate of drug-likeness (QED) is 0.615. The van der Waals surface area contributed by atoms with Gasteiger partial charge in [-0.2, -0.15) is 0 Å². The summed E-state index contributed by atoms with van der Waals surface area (Å²) in [5, 5.41) is 5.97. The minimum absolute atomic E-state index is 0.0983. The number of benzene rings is 2. The average molecular weight is 409 g/mol. The number of hydrogen-bond donors (Lipinski definition) is 2. The van der Waals surface area contributed by atoms with Crippen LogP contribution in [0.25, 0.3) is 0 Å². The zero-order valence-electron chi connectivity index (χ0n) is 15.1. The van der Waals surface area contributed by atoms with E-state index in [1.54, 1.807) is 6.07 Å². The molecule has 2 aromatic carbocycles. The van der Waals surface area contributed by atoms with Gasteiger partial charge in [-0.25, -0.2) is 0 Å². The van der Waals surface area contributed by atoms with E-state index in [4.69, 9.17) is 27.9 Å². The lowest BCUT2D eigenvalue weighted by Crippen LogP contribution is -2.37. The van der Waals surface area contributed by atoms with Gasteiger partial charge in [0.05, 0.1) is 23.2 Å². The molecular weight excluding hydrogens is 387 g/mol. The van der Waals surface area contributed by atoms with E-state index in [0.29, 0.717) is 28.8 Å². The van der Waals surface area contributed by atoms with E-state index in [-0.39, 0.29) is 18.4 Å². The first-order valence-corrected chi connectivity index (χ1v) is 9.41. The Morgan fingerprint density at radius 2 is 1.70 bits per heavy atom. The number of carbonyl (C=O) groups is 2. The van der Waals surface area contributed by atoms with E-state index < -0.39 is 0 Å². The molecule has 0 aliphatic rings. The Morgan fingerprint density at radius 1 is 0.963 bits per heavy atom. The molecule has 0 aliphatic carbocycles. The van der Waals surface area contributed by atoms with Gasteiger partial charge in [-0.05, 0) is 50.1 Å². The van der Waals surface area contributed by atoms with E-state index >= 15 is 0 Å². The van der Waals surface area contributed by atoms with Crippen LogP contribution in [0.3, 0.4) is 0 Å². The molecule has 2 N–H and O–H groups in total. The molecule has 7 heteroatoms. The molecular formula is C20H22Cl2N2O3. The molecule has 0 aliphatic heterocycles. The molecule has 0 saturated heterocycles. The van der Waals surface area contributed by atoms with Gasteiger partial charge >= 0.3 is 0 Å². The van der Waals surface area contributed by atoms with Gasteiger partial charge < -0.3 is 15.4 Å². The van der Waals surface area contributed by atoms with Crippen LogP contribution in [0.15, 0.2) is 42.5 Å². The number of ether oxygens (including phenoxy) is 1. The van der Waals surface area contributed by atoms with E-state index in [9.17, 15) is 9.59 Å². The zero-order chi connectivity index (χ0) is 19.6. The number of aryl methyl sites for hydroxylation is 1. The Hall–Kier alpha value is -2.24. The summed E-state index contributed by atoms with van der Waals surface area (Å²) in [5.74, 6) is 0.215. The molecule has 0 radical (unpaired) electrons. The summed E-state index contributed by atoms with van der Waals surface area (Å²) >= 11 is 11.7. The molecule has 0 aromatic heterocycles. The van der Waals surface area contributed by atoms with Crippen molar-refractivity contribution in [3.05, 3.63) is 63.6 Å². The SMILES string of the molecule is Cc1ccc(OCCCCNC(=O)CNC(=O)c2ccc(Cl)c(Cl)c2)cc1. The molecule has 0 spiro atoms. The van der Waals surface area contributed by atoms with Gasteiger partial charge in [0, 0.05) is 12.1 Å². The molecule has 27 heavy (non-hydrogen) atoms. The Bertz CT molecular complexity index is 779. The minimum atomic E-state index is -0.379. The van der Waals surface area contributed by atoms with Crippen LogP contribution < -0.4 is 15.4 Å². The lowest BCUT2D eigenvalue weighted by molar-refractivity contribution is -0.120. The molecule has 144 valence electrons. The molecule has 0 saturated carbocycles. The highest BCUT2D eigenvalue weighted by Crippen LogP contribution is 2.22. The lowest BCUT2D eigenvalue weighted by atomic mass is 10.2. The fraction of sp³-hybridized carbons (Fsp3) is 0.300. The Balaban J connectivity index is 1.57. The van der Waals surface area contributed by atoms with Crippen molar-refractivity contribution in [3.63, 3.8) is 0 Å². The van der Waals surface area contributed by atoms with Gasteiger partial charge in [-0.15, -0.1) is 0 Å². The molecule has 0 heterocycles. The van der Waals surface area contributed by atoms with Gasteiger partial charge in [0.1, 0.15) is 5.75 Å². The molecule has 5 nitrogen and oxygen atoms in total. The first kappa shape index (κ1) is 21.1. The van der Waals surface area contributed by atoms with E-state index in [1.807, 2.05) is 31.2 Å². The average Bonchev–Trinajstić information content (AvgIpc) is 2.66. The van der Waals surface area contributed by atoms with Crippen LogP contribution >= 0.6 is 23.2 Å². The standard InChI is InChI=1S/C20H22Cl2N2O3/c1-14-4-7-16(8-5-14)27-11-3-2-10-23-19(25)13-24-20(26)15-6-9-17(21)18(22)12-15/h4-9,12H,2-3,10-11,13H2,1H3,(H,23,25)(H,24,26). The van der Waals surface area contributed by atoms with Crippen LogP contribution in [-0.2, 0) is 4.79 Å². The monoisotopic (exact) mass is 408 g/mol. The number of halogens is 2. The summed E-state index contributed by atoms with van der Waals surface area (Å²) in [6.07, 6.45) is 1.61. The lowest BCUT2D eigenvalue weighted by Gasteiger charge is -2.08. The predicted octanol–water partition coefficient (Wildman–Crippen LogP) is 4.01. The Kier molecular flexibility index (Phi) is 8.43. The summed E-state index contributed by atoms with van der Waals surface area (Å²) in [5.41, 5.74) is 1.54. The molecule has 0 unspecified atom stereocenters. The van der Waals surface area contributed by atoms with Crippen molar-refractivity contribution in [1.82, 2.24) is 10.6 Å². The molecule has 2 rings (SSSR count). The third kappa shape index (κ3) is 7.49. The Labute approximate surface area is 169 Å². The first-order valence-electron chi connectivity index (χ1n) is 8.65. The van der Waals surface area contributed by atoms with Crippen molar-refractivity contribution in [3.8, 4) is 5.75 Å². The fourth-order valence-electron chi connectivity index (χ4n) is 2.24. The van der Waals surface area contributed by atoms with E-state index in [2.05, 4.69) is 10.6 Å². The number of nitrogens with one attached hydrogen (secondary N) is 2. The third-order valence-corrected chi connectivity index (χ3v) is 4.51. The second-order valence-electron chi connectivity index (χ2n) is 6.03. The number of hydrogen-bond acceptors (Lipinski definition) is 3. The summed E-state index contributed by atoms with van der Waals surface area (Å²) in [6, 6.07) is 12.4. The second-order valence-corrected chi connectivity index (χ2v) is 6.84. The van der Waals surface area contributed by atoms with Crippen LogP contribution in [-0.4, -0.2) is 31.5 Å². The van der Waals surface area contributed by atoms with Gasteiger partial charge in [-0.3, -0.25) is 9.59 Å². The second kappa shape index (κ2) is 10.8. The third-order valence-electron chi connectivity index (χ3n) is 3.77.